The van der Waals surface area contributed by atoms with Gasteiger partial charge in [0.15, 0.2) is 0 Å². The van der Waals surface area contributed by atoms with E-state index in [9.17, 15) is 4.79 Å². The van der Waals surface area contributed by atoms with Gasteiger partial charge in [0, 0.05) is 11.1 Å². The van der Waals surface area contributed by atoms with Gasteiger partial charge in [-0.25, -0.2) is 9.97 Å². The summed E-state index contributed by atoms with van der Waals surface area (Å²) in [6.07, 6.45) is 3.23. The normalized spacial score (nSPS) is 10.8. The number of hydrogen-bond acceptors (Lipinski definition) is 6. The van der Waals surface area contributed by atoms with Gasteiger partial charge in [0.1, 0.15) is 0 Å². The third-order valence-corrected chi connectivity index (χ3v) is 3.85. The van der Waals surface area contributed by atoms with Crippen LogP contribution in [0.1, 0.15) is 9.88 Å². The number of nitrogen functional groups attached to an aromatic ring is 1. The standard InChI is InChI=1S/C13H13N5OS/c1-7-15-4-8(20-7)5-16-12-3-11-9(2-10(12)14)13(19)18-6-17-11/h2-4,6,16H,5,14H2,1H3,(H,17,18,19). The number of fused-ring (bicyclic) bond motifs is 1. The van der Waals surface area contributed by atoms with E-state index in [1.54, 1.807) is 23.5 Å². The number of nitrogens with zero attached hydrogens (tertiary/aromatic N) is 2. The molecule has 0 fully saturated rings. The number of anilines is 2. The molecule has 20 heavy (non-hydrogen) atoms. The molecule has 0 amide bonds. The van der Waals surface area contributed by atoms with Crippen LogP contribution in [0, 0.1) is 6.92 Å². The van der Waals surface area contributed by atoms with E-state index in [1.165, 1.54) is 6.33 Å². The molecule has 0 spiro atoms. The Bertz CT molecular complexity index is 823. The van der Waals surface area contributed by atoms with Gasteiger partial charge < -0.3 is 16.0 Å². The SMILES string of the molecule is Cc1ncc(CNc2cc3nc[nH]c(=O)c3cc2N)s1. The number of aromatic nitrogens is 3. The van der Waals surface area contributed by atoms with Gasteiger partial charge in [-0.3, -0.25) is 4.79 Å². The van der Waals surface area contributed by atoms with E-state index in [0.717, 1.165) is 15.6 Å². The summed E-state index contributed by atoms with van der Waals surface area (Å²) < 4.78 is 0. The molecule has 0 saturated heterocycles. The van der Waals surface area contributed by atoms with E-state index in [2.05, 4.69) is 20.3 Å². The predicted octanol–water partition coefficient (Wildman–Crippen LogP) is 1.88. The lowest BCUT2D eigenvalue weighted by Crippen LogP contribution is -2.08. The molecular formula is C13H13N5OS. The lowest BCUT2D eigenvalue weighted by Gasteiger charge is -2.09. The van der Waals surface area contributed by atoms with E-state index in [0.29, 0.717) is 23.1 Å². The Labute approximate surface area is 118 Å². The van der Waals surface area contributed by atoms with Crippen LogP contribution in [-0.4, -0.2) is 15.0 Å². The smallest absolute Gasteiger partial charge is 0.258 e. The number of H-pyrrole nitrogens is 1. The first-order chi connectivity index (χ1) is 9.63. The third kappa shape index (κ3) is 2.35. The van der Waals surface area contributed by atoms with E-state index in [-0.39, 0.29) is 5.56 Å². The lowest BCUT2D eigenvalue weighted by atomic mass is 10.2. The number of aromatic amines is 1. The van der Waals surface area contributed by atoms with Crippen molar-refractivity contribution in [1.82, 2.24) is 15.0 Å². The first-order valence-electron chi connectivity index (χ1n) is 6.05. The zero-order chi connectivity index (χ0) is 14.1. The van der Waals surface area contributed by atoms with Crippen LogP contribution < -0.4 is 16.6 Å². The number of nitrogens with one attached hydrogen (secondary N) is 2. The number of rotatable bonds is 3. The minimum Gasteiger partial charge on any atom is -0.397 e. The van der Waals surface area contributed by atoms with Crippen LogP contribution in [0.15, 0.2) is 29.5 Å². The fourth-order valence-electron chi connectivity index (χ4n) is 1.95. The summed E-state index contributed by atoms with van der Waals surface area (Å²) in [4.78, 5) is 23.6. The minimum absolute atomic E-state index is 0.189. The van der Waals surface area contributed by atoms with E-state index in [1.807, 2.05) is 13.1 Å². The molecule has 3 aromatic rings. The molecule has 2 aromatic heterocycles. The maximum absolute atomic E-state index is 11.6. The van der Waals surface area contributed by atoms with Gasteiger partial charge in [-0.1, -0.05) is 0 Å². The first-order valence-corrected chi connectivity index (χ1v) is 6.87. The second-order valence-corrected chi connectivity index (χ2v) is 5.71. The second-order valence-electron chi connectivity index (χ2n) is 4.39. The highest BCUT2D eigenvalue weighted by Crippen LogP contribution is 2.24. The van der Waals surface area contributed by atoms with E-state index < -0.39 is 0 Å². The molecule has 102 valence electrons. The molecule has 0 aliphatic rings. The molecule has 0 radical (unpaired) electrons. The number of benzene rings is 1. The average Bonchev–Trinajstić information content (AvgIpc) is 2.83. The van der Waals surface area contributed by atoms with Crippen LogP contribution in [0.5, 0.6) is 0 Å². The fourth-order valence-corrected chi connectivity index (χ4v) is 2.69. The van der Waals surface area contributed by atoms with Crippen LogP contribution in [0.3, 0.4) is 0 Å². The number of hydrogen-bond donors (Lipinski definition) is 3. The summed E-state index contributed by atoms with van der Waals surface area (Å²) in [6.45, 7) is 2.61. The molecule has 2 heterocycles. The maximum Gasteiger partial charge on any atom is 0.258 e. The molecule has 1 aromatic carbocycles. The van der Waals surface area contributed by atoms with Crippen LogP contribution >= 0.6 is 11.3 Å². The van der Waals surface area contributed by atoms with Gasteiger partial charge in [-0.05, 0) is 19.1 Å². The van der Waals surface area contributed by atoms with Gasteiger partial charge in [-0.15, -0.1) is 11.3 Å². The Balaban J connectivity index is 1.91. The summed E-state index contributed by atoms with van der Waals surface area (Å²) in [6, 6.07) is 3.43. The second kappa shape index (κ2) is 4.93. The monoisotopic (exact) mass is 287 g/mol. The topological polar surface area (TPSA) is 96.7 Å². The largest absolute Gasteiger partial charge is 0.397 e. The molecule has 6 nitrogen and oxygen atoms in total. The molecular weight excluding hydrogens is 274 g/mol. The highest BCUT2D eigenvalue weighted by Gasteiger charge is 2.06. The van der Waals surface area contributed by atoms with Crippen molar-refractivity contribution < 1.29 is 0 Å². The van der Waals surface area contributed by atoms with Crippen molar-refractivity contribution in [3.8, 4) is 0 Å². The summed E-state index contributed by atoms with van der Waals surface area (Å²) in [7, 11) is 0. The van der Waals surface area contributed by atoms with Crippen molar-refractivity contribution in [2.75, 3.05) is 11.1 Å². The summed E-state index contributed by atoms with van der Waals surface area (Å²) >= 11 is 1.63. The van der Waals surface area contributed by atoms with Crippen molar-refractivity contribution in [1.29, 1.82) is 0 Å². The van der Waals surface area contributed by atoms with Crippen LogP contribution in [0.4, 0.5) is 11.4 Å². The van der Waals surface area contributed by atoms with Crippen molar-refractivity contribution in [2.24, 2.45) is 0 Å². The van der Waals surface area contributed by atoms with Crippen molar-refractivity contribution in [3.63, 3.8) is 0 Å². The van der Waals surface area contributed by atoms with E-state index in [4.69, 9.17) is 5.73 Å². The third-order valence-electron chi connectivity index (χ3n) is 2.93. The zero-order valence-electron chi connectivity index (χ0n) is 10.8. The first kappa shape index (κ1) is 12.6. The zero-order valence-corrected chi connectivity index (χ0v) is 11.6. The molecule has 3 rings (SSSR count). The van der Waals surface area contributed by atoms with Gasteiger partial charge in [0.25, 0.3) is 5.56 Å². The van der Waals surface area contributed by atoms with Crippen LogP contribution in [-0.2, 0) is 6.54 Å². The molecule has 7 heteroatoms. The Hall–Kier alpha value is -2.41. The van der Waals surface area contributed by atoms with Gasteiger partial charge in [-0.2, -0.15) is 0 Å². The Morgan fingerprint density at radius 1 is 1.40 bits per heavy atom. The maximum atomic E-state index is 11.6. The molecule has 0 aliphatic heterocycles. The molecule has 4 N–H and O–H groups in total. The minimum atomic E-state index is -0.189. The Kier molecular flexibility index (Phi) is 3.11. The van der Waals surface area contributed by atoms with E-state index >= 15 is 0 Å². The molecule has 0 saturated carbocycles. The quantitative estimate of drug-likeness (QED) is 0.639. The number of aryl methyl sites for hydroxylation is 1. The lowest BCUT2D eigenvalue weighted by molar-refractivity contribution is 1.16. The van der Waals surface area contributed by atoms with Crippen molar-refractivity contribution >= 4 is 33.6 Å². The van der Waals surface area contributed by atoms with Gasteiger partial charge >= 0.3 is 0 Å². The number of nitrogens with two attached hydrogens (primary N) is 1. The summed E-state index contributed by atoms with van der Waals surface area (Å²) in [5.41, 5.74) is 7.69. The highest BCUT2D eigenvalue weighted by molar-refractivity contribution is 7.11. The fraction of sp³-hybridized carbons (Fsp3) is 0.154. The van der Waals surface area contributed by atoms with Gasteiger partial charge in [0.2, 0.25) is 0 Å². The summed E-state index contributed by atoms with van der Waals surface area (Å²) in [5.74, 6) is 0. The highest BCUT2D eigenvalue weighted by atomic mass is 32.1. The Morgan fingerprint density at radius 3 is 3.00 bits per heavy atom. The molecule has 0 aliphatic carbocycles. The molecule has 0 unspecified atom stereocenters. The predicted molar refractivity (Wildman–Crippen MR) is 81.0 cm³/mol. The van der Waals surface area contributed by atoms with Gasteiger partial charge in [0.05, 0.1) is 40.2 Å². The van der Waals surface area contributed by atoms with Crippen LogP contribution in [0.2, 0.25) is 0 Å². The average molecular weight is 287 g/mol. The number of thiazole rings is 1. The summed E-state index contributed by atoms with van der Waals surface area (Å²) in [5, 5.41) is 4.77. The van der Waals surface area contributed by atoms with Crippen molar-refractivity contribution in [2.45, 2.75) is 13.5 Å². The van der Waals surface area contributed by atoms with Crippen molar-refractivity contribution in [3.05, 3.63) is 44.9 Å². The molecule has 0 atom stereocenters. The Morgan fingerprint density at radius 2 is 2.25 bits per heavy atom. The molecule has 0 bridgehead atoms. The van der Waals surface area contributed by atoms with Crippen LogP contribution in [0.25, 0.3) is 10.9 Å².